The maximum atomic E-state index is 12.1. The molecule has 3 N–H and O–H groups in total. The molecule has 0 heterocycles. The Morgan fingerprint density at radius 3 is 2.50 bits per heavy atom. The van der Waals surface area contributed by atoms with E-state index in [-0.39, 0.29) is 12.5 Å². The lowest BCUT2D eigenvalue weighted by Gasteiger charge is -2.25. The number of ether oxygens (including phenoxy) is 1. The number of nitrogens with zero attached hydrogens (tertiary/aromatic N) is 1. The minimum Gasteiger partial charge on any atom is -0.616 e. The Labute approximate surface area is 157 Å². The highest BCUT2D eigenvalue weighted by Crippen LogP contribution is 2.27. The van der Waals surface area contributed by atoms with E-state index in [4.69, 9.17) is 10.5 Å². The van der Waals surface area contributed by atoms with Crippen molar-refractivity contribution in [2.24, 2.45) is 0 Å². The lowest BCUT2D eigenvalue weighted by molar-refractivity contribution is 0.0266. The second-order valence-corrected chi connectivity index (χ2v) is 8.72. The summed E-state index contributed by atoms with van der Waals surface area (Å²) < 4.78 is 16.7. The van der Waals surface area contributed by atoms with E-state index in [9.17, 15) is 19.2 Å². The van der Waals surface area contributed by atoms with E-state index in [1.807, 2.05) is 13.0 Å². The summed E-state index contributed by atoms with van der Waals surface area (Å²) >= 11 is -1.02. The van der Waals surface area contributed by atoms with Gasteiger partial charge >= 0.3 is 12.2 Å². The summed E-state index contributed by atoms with van der Waals surface area (Å²) in [5, 5.41) is 9.30. The molecule has 2 amide bonds. The Bertz CT molecular complexity index is 643. The molecule has 8 heteroatoms. The van der Waals surface area contributed by atoms with E-state index in [1.54, 1.807) is 39.2 Å². The van der Waals surface area contributed by atoms with Gasteiger partial charge in [0, 0.05) is 17.8 Å². The van der Waals surface area contributed by atoms with Crippen molar-refractivity contribution >= 4 is 29.0 Å². The molecule has 0 bridgehead atoms. The molecular formula is C18H28N2O5S. The number of imide groups is 1. The number of hydrogen-bond acceptors (Lipinski definition) is 5. The third-order valence-electron chi connectivity index (χ3n) is 3.69. The van der Waals surface area contributed by atoms with E-state index in [0.29, 0.717) is 22.8 Å². The predicted octanol–water partition coefficient (Wildman–Crippen LogP) is 3.56. The van der Waals surface area contributed by atoms with Crippen molar-refractivity contribution in [3.05, 3.63) is 29.3 Å². The number of amides is 2. The van der Waals surface area contributed by atoms with Crippen molar-refractivity contribution in [1.82, 2.24) is 4.90 Å². The molecule has 0 aliphatic carbocycles. The van der Waals surface area contributed by atoms with Gasteiger partial charge in [-0.1, -0.05) is 24.2 Å². The predicted molar refractivity (Wildman–Crippen MR) is 103 cm³/mol. The smallest absolute Gasteiger partial charge is 0.419 e. The van der Waals surface area contributed by atoms with E-state index >= 15 is 0 Å². The largest absolute Gasteiger partial charge is 0.616 e. The van der Waals surface area contributed by atoms with Gasteiger partial charge < -0.3 is 20.1 Å². The van der Waals surface area contributed by atoms with Crippen LogP contribution in [0.15, 0.2) is 18.2 Å². The van der Waals surface area contributed by atoms with Crippen LogP contribution >= 0.6 is 0 Å². The molecule has 0 saturated carbocycles. The van der Waals surface area contributed by atoms with E-state index in [0.717, 1.165) is 11.1 Å². The first kappa shape index (κ1) is 22.1. The molecule has 0 fully saturated rings. The molecule has 1 aromatic carbocycles. The fraction of sp³-hybridized carbons (Fsp3) is 0.556. The third kappa shape index (κ3) is 7.13. The van der Waals surface area contributed by atoms with Crippen molar-refractivity contribution in [2.75, 3.05) is 18.5 Å². The summed E-state index contributed by atoms with van der Waals surface area (Å²) in [6, 6.07) is 5.41. The molecule has 26 heavy (non-hydrogen) atoms. The van der Waals surface area contributed by atoms with Crippen LogP contribution < -0.4 is 5.73 Å². The normalized spacial score (nSPS) is 13.8. The number of anilines is 1. The fourth-order valence-corrected chi connectivity index (χ4v) is 3.20. The first-order valence-corrected chi connectivity index (χ1v) is 10.0. The van der Waals surface area contributed by atoms with Gasteiger partial charge in [0.1, 0.15) is 11.4 Å². The minimum absolute atomic E-state index is 0.00441. The van der Waals surface area contributed by atoms with E-state index in [1.165, 1.54) is 0 Å². The lowest BCUT2D eigenvalue weighted by atomic mass is 9.93. The van der Waals surface area contributed by atoms with Gasteiger partial charge in [-0.15, -0.1) is 0 Å². The molecule has 0 saturated heterocycles. The quantitative estimate of drug-likeness (QED) is 0.572. The SMILES string of the molecule is C[C@H](CCN(C(=O)O)C(=O)OC(C)(C)C)c1ccc(N)cc1C[S+](C)[O-]. The molecule has 146 valence electrons. The first-order valence-electron chi connectivity index (χ1n) is 8.32. The number of nitrogens with two attached hydrogens (primary N) is 1. The van der Waals surface area contributed by atoms with Gasteiger partial charge in [-0.05, 0) is 50.8 Å². The van der Waals surface area contributed by atoms with Crippen LogP contribution in [0.2, 0.25) is 0 Å². The third-order valence-corrected chi connectivity index (χ3v) is 4.40. The van der Waals surface area contributed by atoms with Gasteiger partial charge in [0.15, 0.2) is 0 Å². The van der Waals surface area contributed by atoms with Gasteiger partial charge in [0.05, 0.1) is 6.26 Å². The highest BCUT2D eigenvalue weighted by Gasteiger charge is 2.27. The summed E-state index contributed by atoms with van der Waals surface area (Å²) in [4.78, 5) is 24.2. The highest BCUT2D eigenvalue weighted by atomic mass is 32.2. The van der Waals surface area contributed by atoms with Crippen LogP contribution in [0.25, 0.3) is 0 Å². The van der Waals surface area contributed by atoms with E-state index in [2.05, 4.69) is 0 Å². The van der Waals surface area contributed by atoms with Crippen LogP contribution in [-0.2, 0) is 21.7 Å². The standard InChI is InChI=1S/C18H28N2O5S/c1-12(15-7-6-14(19)10-13(15)11-26(5)24)8-9-20(16(21)22)17(23)25-18(2,3)4/h6-7,10,12H,8-9,11,19H2,1-5H3,(H,21,22)/t12-,26?/m1/s1. The maximum absolute atomic E-state index is 12.1. The minimum atomic E-state index is -1.35. The van der Waals surface area contributed by atoms with Crippen LogP contribution in [-0.4, -0.2) is 45.1 Å². The molecule has 1 aromatic rings. The van der Waals surface area contributed by atoms with Crippen LogP contribution in [0.3, 0.4) is 0 Å². The molecule has 7 nitrogen and oxygen atoms in total. The van der Waals surface area contributed by atoms with Gasteiger partial charge in [-0.25, -0.2) is 14.5 Å². The number of hydrogen-bond donors (Lipinski definition) is 2. The molecule has 1 unspecified atom stereocenters. The highest BCUT2D eigenvalue weighted by molar-refractivity contribution is 7.89. The molecule has 1 rings (SSSR count). The van der Waals surface area contributed by atoms with Crippen molar-refractivity contribution in [2.45, 2.75) is 51.4 Å². The van der Waals surface area contributed by atoms with Crippen LogP contribution in [0.5, 0.6) is 0 Å². The van der Waals surface area contributed by atoms with Crippen molar-refractivity contribution < 1.29 is 24.0 Å². The summed E-state index contributed by atoms with van der Waals surface area (Å²) in [5.41, 5.74) is 7.45. The molecule has 2 atom stereocenters. The summed E-state index contributed by atoms with van der Waals surface area (Å²) in [6.45, 7) is 6.98. The fourth-order valence-electron chi connectivity index (χ4n) is 2.51. The molecule has 0 spiro atoms. The maximum Gasteiger partial charge on any atom is 0.419 e. The van der Waals surface area contributed by atoms with Crippen molar-refractivity contribution in [3.63, 3.8) is 0 Å². The molecule has 0 radical (unpaired) electrons. The van der Waals surface area contributed by atoms with Crippen molar-refractivity contribution in [1.29, 1.82) is 0 Å². The van der Waals surface area contributed by atoms with Gasteiger partial charge in [-0.2, -0.15) is 0 Å². The second kappa shape index (κ2) is 9.14. The Morgan fingerprint density at radius 1 is 1.38 bits per heavy atom. The number of carboxylic acid groups (broad SMARTS) is 1. The zero-order valence-corrected chi connectivity index (χ0v) is 16.8. The van der Waals surface area contributed by atoms with Gasteiger partial charge in [0.25, 0.3) is 0 Å². The van der Waals surface area contributed by atoms with Crippen molar-refractivity contribution in [3.8, 4) is 0 Å². The topological polar surface area (TPSA) is 116 Å². The number of nitrogen functional groups attached to an aromatic ring is 1. The number of carbonyl (C=O) groups is 2. The zero-order chi connectivity index (χ0) is 20.1. The van der Waals surface area contributed by atoms with Crippen LogP contribution in [0.1, 0.15) is 51.2 Å². The average molecular weight is 384 g/mol. The number of carbonyl (C=O) groups excluding carboxylic acids is 1. The first-order chi connectivity index (χ1) is 11.9. The Hall–Kier alpha value is -1.93. The second-order valence-electron chi connectivity index (χ2n) is 7.28. The molecule has 0 aromatic heterocycles. The Morgan fingerprint density at radius 2 is 2.00 bits per heavy atom. The summed E-state index contributed by atoms with van der Waals surface area (Å²) in [7, 11) is 0. The Balaban J connectivity index is 2.87. The van der Waals surface area contributed by atoms with Crippen LogP contribution in [0.4, 0.5) is 15.3 Å². The monoisotopic (exact) mass is 384 g/mol. The van der Waals surface area contributed by atoms with Gasteiger partial charge in [0.2, 0.25) is 0 Å². The summed E-state index contributed by atoms with van der Waals surface area (Å²) in [5.74, 6) is 0.331. The zero-order valence-electron chi connectivity index (χ0n) is 15.9. The van der Waals surface area contributed by atoms with Gasteiger partial charge in [-0.3, -0.25) is 0 Å². The average Bonchev–Trinajstić information content (AvgIpc) is 2.44. The van der Waals surface area contributed by atoms with Crippen LogP contribution in [0, 0.1) is 0 Å². The van der Waals surface area contributed by atoms with E-state index < -0.39 is 29.0 Å². The Kier molecular flexibility index (Phi) is 7.77. The molecule has 0 aliphatic heterocycles. The lowest BCUT2D eigenvalue weighted by Crippen LogP contribution is -2.41. The molecule has 0 aliphatic rings. The molecular weight excluding hydrogens is 356 g/mol. The number of rotatable bonds is 6. The summed E-state index contributed by atoms with van der Waals surface area (Å²) in [6.07, 6.45) is -0.200. The number of benzene rings is 1.